The molecule has 2 atom stereocenters. The molecule has 0 spiro atoms. The highest BCUT2D eigenvalue weighted by Crippen LogP contribution is 2.37. The number of hydrogen-bond donors (Lipinski definition) is 4. The third-order valence-corrected chi connectivity index (χ3v) is 7.02. The number of benzene rings is 1. The van der Waals surface area contributed by atoms with Crippen LogP contribution in [0.25, 0.3) is 11.3 Å². The fourth-order valence-corrected chi connectivity index (χ4v) is 4.79. The van der Waals surface area contributed by atoms with E-state index in [4.69, 9.17) is 16.6 Å². The Balaban J connectivity index is 1.41. The first-order valence-corrected chi connectivity index (χ1v) is 12.9. The molecule has 200 valence electrons. The molecule has 1 aliphatic carbocycles. The Morgan fingerprint density at radius 2 is 1.95 bits per heavy atom. The smallest absolute Gasteiger partial charge is 0.264 e. The van der Waals surface area contributed by atoms with E-state index >= 15 is 0 Å². The number of pyridine rings is 1. The summed E-state index contributed by atoms with van der Waals surface area (Å²) >= 11 is 0. The summed E-state index contributed by atoms with van der Waals surface area (Å²) in [6.07, 6.45) is 5.28. The van der Waals surface area contributed by atoms with Crippen LogP contribution in [-0.4, -0.2) is 43.0 Å². The van der Waals surface area contributed by atoms with Crippen molar-refractivity contribution < 1.29 is 14.7 Å². The van der Waals surface area contributed by atoms with E-state index in [0.717, 1.165) is 24.8 Å². The number of aliphatic hydroxyl groups is 1. The Hall–Kier alpha value is -4.53. The summed E-state index contributed by atoms with van der Waals surface area (Å²) < 4.78 is 1.23. The van der Waals surface area contributed by atoms with Gasteiger partial charge in [0.2, 0.25) is 0 Å². The number of carbonyl (C=O) groups is 2. The van der Waals surface area contributed by atoms with Crippen molar-refractivity contribution in [1.29, 1.82) is 5.26 Å². The summed E-state index contributed by atoms with van der Waals surface area (Å²) in [6.45, 7) is 2.38. The van der Waals surface area contributed by atoms with Crippen LogP contribution in [-0.2, 0) is 4.79 Å². The zero-order valence-corrected chi connectivity index (χ0v) is 21.5. The van der Waals surface area contributed by atoms with Gasteiger partial charge in [0.25, 0.3) is 11.8 Å². The van der Waals surface area contributed by atoms with Gasteiger partial charge < -0.3 is 26.9 Å². The van der Waals surface area contributed by atoms with Gasteiger partial charge in [0.1, 0.15) is 29.4 Å². The monoisotopic (exact) mass is 526 g/mol. The van der Waals surface area contributed by atoms with E-state index in [1.807, 2.05) is 19.1 Å². The van der Waals surface area contributed by atoms with Crippen molar-refractivity contribution in [2.75, 3.05) is 17.7 Å². The van der Waals surface area contributed by atoms with E-state index in [-0.39, 0.29) is 29.0 Å². The number of anilines is 1. The molecular formula is C28H30N8O3. The SMILES string of the molecule is Cc1ccc(NC(=O)c2ccc(-c3nc([C@@H]4CCCN4C(=O)/C(C#N)=C/C4CC4)n(N)c3C(N)O)cc2)nc1. The van der Waals surface area contributed by atoms with Crippen molar-refractivity contribution in [3.63, 3.8) is 0 Å². The van der Waals surface area contributed by atoms with Crippen LogP contribution in [0.5, 0.6) is 0 Å². The first-order chi connectivity index (χ1) is 18.8. The van der Waals surface area contributed by atoms with Gasteiger partial charge in [0, 0.05) is 23.9 Å². The molecule has 2 aromatic heterocycles. The molecule has 2 amide bonds. The van der Waals surface area contributed by atoms with Crippen molar-refractivity contribution in [2.24, 2.45) is 11.7 Å². The molecule has 6 N–H and O–H groups in total. The summed E-state index contributed by atoms with van der Waals surface area (Å²) in [4.78, 5) is 36.4. The first-order valence-electron chi connectivity index (χ1n) is 12.9. The molecule has 3 aromatic rings. The van der Waals surface area contributed by atoms with Gasteiger partial charge in [-0.25, -0.2) is 14.6 Å². The number of imidazole rings is 1. The van der Waals surface area contributed by atoms with Crippen LogP contribution in [0.3, 0.4) is 0 Å². The average Bonchev–Trinajstić information content (AvgIpc) is 3.50. The summed E-state index contributed by atoms with van der Waals surface area (Å²) in [5, 5.41) is 22.7. The van der Waals surface area contributed by atoms with Gasteiger partial charge in [-0.1, -0.05) is 24.3 Å². The molecule has 1 unspecified atom stereocenters. The van der Waals surface area contributed by atoms with Crippen molar-refractivity contribution in [1.82, 2.24) is 19.5 Å². The van der Waals surface area contributed by atoms with Gasteiger partial charge in [0.15, 0.2) is 5.82 Å². The minimum absolute atomic E-state index is 0.133. The Morgan fingerprint density at radius 1 is 1.21 bits per heavy atom. The standard InChI is InChI=1S/C28H30N8O3/c1-16-4-11-22(32-15-16)33-27(38)19-9-7-18(8-10-19)23-24(25(30)37)36(31)26(34-23)21-3-2-12-35(21)28(39)20(14-29)13-17-5-6-17/h4,7-11,13,15,17,21,25,37H,2-3,5-6,12,30-31H2,1H3,(H,32,33,38)/b20-13+/t21-,25?/m0/s1. The lowest BCUT2D eigenvalue weighted by atomic mass is 10.1. The molecule has 39 heavy (non-hydrogen) atoms. The number of aliphatic hydroxyl groups excluding tert-OH is 1. The molecular weight excluding hydrogens is 496 g/mol. The van der Waals surface area contributed by atoms with E-state index in [0.29, 0.717) is 41.4 Å². The molecule has 3 heterocycles. The number of nitriles is 1. The Morgan fingerprint density at radius 3 is 2.56 bits per heavy atom. The topological polar surface area (TPSA) is 176 Å². The van der Waals surface area contributed by atoms with E-state index < -0.39 is 12.3 Å². The maximum absolute atomic E-state index is 13.2. The lowest BCUT2D eigenvalue weighted by Gasteiger charge is -2.24. The van der Waals surface area contributed by atoms with E-state index in [1.165, 1.54) is 4.68 Å². The Kier molecular flexibility index (Phi) is 7.15. The van der Waals surface area contributed by atoms with Crippen LogP contribution in [0.15, 0.2) is 54.2 Å². The molecule has 1 aliphatic heterocycles. The van der Waals surface area contributed by atoms with E-state index in [2.05, 4.69) is 10.3 Å². The van der Waals surface area contributed by atoms with Gasteiger partial charge in [-0.15, -0.1) is 0 Å². The van der Waals surface area contributed by atoms with Crippen LogP contribution >= 0.6 is 0 Å². The van der Waals surface area contributed by atoms with Crippen LogP contribution in [0.1, 0.15) is 65.4 Å². The van der Waals surface area contributed by atoms with Crippen molar-refractivity contribution in [3.05, 3.63) is 76.9 Å². The second kappa shape index (κ2) is 10.7. The quantitative estimate of drug-likeness (QED) is 0.157. The molecule has 0 radical (unpaired) electrons. The van der Waals surface area contributed by atoms with Crippen molar-refractivity contribution in [2.45, 2.75) is 44.9 Å². The Labute approximate surface area is 225 Å². The number of nitrogen functional groups attached to an aromatic ring is 1. The maximum atomic E-state index is 13.2. The van der Waals surface area contributed by atoms with E-state index in [1.54, 1.807) is 47.5 Å². The number of nitrogens with one attached hydrogen (secondary N) is 1. The Bertz CT molecular complexity index is 1460. The lowest BCUT2D eigenvalue weighted by Crippen LogP contribution is -2.34. The highest BCUT2D eigenvalue weighted by molar-refractivity contribution is 6.04. The summed E-state index contributed by atoms with van der Waals surface area (Å²) in [5.74, 6) is 6.81. The molecule has 11 heteroatoms. The highest BCUT2D eigenvalue weighted by atomic mass is 16.3. The normalized spacial score (nSPS) is 18.1. The van der Waals surface area contributed by atoms with Crippen LogP contribution in [0.4, 0.5) is 5.82 Å². The first kappa shape index (κ1) is 26.1. The molecule has 2 aliphatic rings. The second-order valence-electron chi connectivity index (χ2n) is 9.96. The average molecular weight is 527 g/mol. The zero-order valence-electron chi connectivity index (χ0n) is 21.5. The molecule has 1 saturated heterocycles. The van der Waals surface area contributed by atoms with Gasteiger partial charge in [-0.05, 0) is 62.3 Å². The van der Waals surface area contributed by atoms with Crippen LogP contribution < -0.4 is 16.9 Å². The minimum atomic E-state index is -1.43. The number of allylic oxidation sites excluding steroid dienone is 1. The fourth-order valence-electron chi connectivity index (χ4n) is 4.79. The molecule has 1 aromatic carbocycles. The van der Waals surface area contributed by atoms with Crippen molar-refractivity contribution >= 4 is 17.6 Å². The molecule has 5 rings (SSSR count). The van der Waals surface area contributed by atoms with Crippen LogP contribution in [0, 0.1) is 24.2 Å². The number of nitrogens with two attached hydrogens (primary N) is 2. The number of nitrogens with zero attached hydrogens (tertiary/aromatic N) is 5. The minimum Gasteiger partial charge on any atom is -0.373 e. The van der Waals surface area contributed by atoms with Gasteiger partial charge in [0.05, 0.1) is 11.7 Å². The molecule has 0 bridgehead atoms. The van der Waals surface area contributed by atoms with E-state index in [9.17, 15) is 20.0 Å². The third kappa shape index (κ3) is 5.38. The van der Waals surface area contributed by atoms with Gasteiger partial charge in [-0.3, -0.25) is 9.59 Å². The third-order valence-electron chi connectivity index (χ3n) is 7.02. The number of aryl methyl sites for hydroxylation is 1. The lowest BCUT2D eigenvalue weighted by molar-refractivity contribution is -0.127. The summed E-state index contributed by atoms with van der Waals surface area (Å²) in [6, 6.07) is 11.8. The molecule has 1 saturated carbocycles. The number of hydrogen-bond acceptors (Lipinski definition) is 8. The number of likely N-dealkylation sites (tertiary alicyclic amines) is 1. The number of aromatic nitrogens is 3. The van der Waals surface area contributed by atoms with Crippen LogP contribution in [0.2, 0.25) is 0 Å². The largest absolute Gasteiger partial charge is 0.373 e. The molecule has 2 fully saturated rings. The molecule has 11 nitrogen and oxygen atoms in total. The van der Waals surface area contributed by atoms with Crippen molar-refractivity contribution in [3.8, 4) is 17.3 Å². The summed E-state index contributed by atoms with van der Waals surface area (Å²) in [7, 11) is 0. The summed E-state index contributed by atoms with van der Waals surface area (Å²) in [5.41, 5.74) is 8.52. The van der Waals surface area contributed by atoms with Gasteiger partial charge in [-0.2, -0.15) is 5.26 Å². The predicted molar refractivity (Wildman–Crippen MR) is 144 cm³/mol. The zero-order chi connectivity index (χ0) is 27.7. The maximum Gasteiger partial charge on any atom is 0.264 e. The number of amides is 2. The number of carbonyl (C=O) groups excluding carboxylic acids is 2. The predicted octanol–water partition coefficient (Wildman–Crippen LogP) is 2.69. The van der Waals surface area contributed by atoms with Gasteiger partial charge >= 0.3 is 0 Å². The highest BCUT2D eigenvalue weighted by Gasteiger charge is 2.37. The number of rotatable bonds is 7. The fraction of sp³-hybridized carbons (Fsp3) is 0.321. The second-order valence-corrected chi connectivity index (χ2v) is 9.96.